The van der Waals surface area contributed by atoms with Crippen LogP contribution in [0.25, 0.3) is 0 Å². The molecule has 6 nitrogen and oxygen atoms in total. The van der Waals surface area contributed by atoms with Crippen molar-refractivity contribution in [2.45, 2.75) is 0 Å². The van der Waals surface area contributed by atoms with Crippen molar-refractivity contribution >= 4 is 25.1 Å². The summed E-state index contributed by atoms with van der Waals surface area (Å²) in [6.45, 7) is 0. The molecule has 14 heavy (non-hydrogen) atoms. The van der Waals surface area contributed by atoms with Crippen LogP contribution in [-0.2, 0) is 18.4 Å². The lowest BCUT2D eigenvalue weighted by molar-refractivity contribution is -0.318. The van der Waals surface area contributed by atoms with Gasteiger partial charge in [-0.25, -0.2) is 4.57 Å². The Balaban J connectivity index is 1.94. The molecule has 1 aromatic rings. The van der Waals surface area contributed by atoms with Crippen molar-refractivity contribution in [3.8, 4) is 0 Å². The maximum absolute atomic E-state index is 11.2. The Bertz CT molecular complexity index is 432. The van der Waals surface area contributed by atoms with Crippen LogP contribution in [0.15, 0.2) is 24.3 Å². The molecular weight excluding hydrogens is 231 g/mol. The SMILES string of the molecule is O=P12ON(O1)N(c1cccc(Cl)c1)O2. The number of phosphoric acid groups is 1. The van der Waals surface area contributed by atoms with Gasteiger partial charge in [-0.2, -0.15) is 0 Å². The van der Waals surface area contributed by atoms with Gasteiger partial charge < -0.3 is 0 Å². The second kappa shape index (κ2) is 2.70. The number of anilines is 1. The van der Waals surface area contributed by atoms with E-state index in [1.54, 1.807) is 24.3 Å². The van der Waals surface area contributed by atoms with Gasteiger partial charge in [-0.1, -0.05) is 17.7 Å². The van der Waals surface area contributed by atoms with Crippen molar-refractivity contribution in [1.29, 1.82) is 0 Å². The lowest BCUT2D eigenvalue weighted by Gasteiger charge is -2.21. The zero-order valence-corrected chi connectivity index (χ0v) is 8.31. The van der Waals surface area contributed by atoms with Crippen molar-refractivity contribution in [3.63, 3.8) is 0 Å². The maximum atomic E-state index is 11.2. The van der Waals surface area contributed by atoms with Crippen LogP contribution >= 0.6 is 19.4 Å². The molecule has 3 saturated heterocycles. The Kier molecular flexibility index (Phi) is 1.67. The van der Waals surface area contributed by atoms with E-state index in [0.29, 0.717) is 10.7 Å². The molecule has 0 radical (unpaired) electrons. The maximum Gasteiger partial charge on any atom is 0.538 e. The topological polar surface area (TPSA) is 51.2 Å². The summed E-state index contributed by atoms with van der Waals surface area (Å²) in [5.74, 6) is 0. The molecule has 8 heteroatoms. The van der Waals surface area contributed by atoms with Crippen molar-refractivity contribution in [2.75, 3.05) is 5.17 Å². The first-order valence-corrected chi connectivity index (χ1v) is 5.55. The third-order valence-electron chi connectivity index (χ3n) is 1.69. The number of benzene rings is 1. The molecule has 3 heterocycles. The van der Waals surface area contributed by atoms with E-state index in [0.717, 1.165) is 10.5 Å². The van der Waals surface area contributed by atoms with Crippen LogP contribution in [0.2, 0.25) is 5.02 Å². The van der Waals surface area contributed by atoms with Gasteiger partial charge >= 0.3 is 7.82 Å². The highest BCUT2D eigenvalue weighted by atomic mass is 35.5. The van der Waals surface area contributed by atoms with Crippen LogP contribution in [0.5, 0.6) is 0 Å². The molecule has 0 aliphatic carbocycles. The van der Waals surface area contributed by atoms with Gasteiger partial charge in [0.25, 0.3) is 0 Å². The average Bonchev–Trinajstić information content (AvgIpc) is 2.57. The molecule has 4 rings (SSSR count). The Hall–Kier alpha value is -0.620. The highest BCUT2D eigenvalue weighted by Gasteiger charge is 2.60. The Labute approximate surface area is 84.0 Å². The fourth-order valence-electron chi connectivity index (χ4n) is 1.13. The van der Waals surface area contributed by atoms with Crippen molar-refractivity contribution < 1.29 is 18.4 Å². The van der Waals surface area contributed by atoms with E-state index in [9.17, 15) is 4.57 Å². The highest BCUT2D eigenvalue weighted by molar-refractivity contribution is 7.49. The third kappa shape index (κ3) is 1.17. The molecule has 74 valence electrons. The summed E-state index contributed by atoms with van der Waals surface area (Å²) >= 11 is 5.77. The number of halogens is 1. The first-order chi connectivity index (χ1) is 6.66. The van der Waals surface area contributed by atoms with Gasteiger partial charge in [-0.15, -0.1) is 19.0 Å². The fourth-order valence-corrected chi connectivity index (χ4v) is 2.21. The van der Waals surface area contributed by atoms with Gasteiger partial charge in [0.1, 0.15) is 0 Å². The van der Waals surface area contributed by atoms with Crippen LogP contribution in [-0.4, -0.2) is 5.34 Å². The van der Waals surface area contributed by atoms with Crippen LogP contribution in [0, 0.1) is 0 Å². The summed E-state index contributed by atoms with van der Waals surface area (Å²) in [6.07, 6.45) is 0. The smallest absolute Gasteiger partial charge is 0.222 e. The molecule has 0 unspecified atom stereocenters. The van der Waals surface area contributed by atoms with Crippen molar-refractivity contribution in [2.24, 2.45) is 0 Å². The zero-order valence-electron chi connectivity index (χ0n) is 6.66. The largest absolute Gasteiger partial charge is 0.538 e. The van der Waals surface area contributed by atoms with E-state index in [4.69, 9.17) is 16.2 Å². The fraction of sp³-hybridized carbons (Fsp3) is 0. The molecule has 0 atom stereocenters. The van der Waals surface area contributed by atoms with Gasteiger partial charge in [0.15, 0.2) is 0 Å². The number of rotatable bonds is 1. The molecule has 3 aliphatic heterocycles. The highest BCUT2D eigenvalue weighted by Crippen LogP contribution is 2.67. The van der Waals surface area contributed by atoms with Crippen LogP contribution in [0.4, 0.5) is 5.69 Å². The minimum atomic E-state index is -3.33. The molecule has 0 spiro atoms. The number of nitrogens with zero attached hydrogens (tertiary/aromatic N) is 2. The van der Waals surface area contributed by atoms with Gasteiger partial charge in [0, 0.05) is 5.02 Å². The summed E-state index contributed by atoms with van der Waals surface area (Å²) < 4.78 is 25.4. The van der Waals surface area contributed by atoms with Crippen molar-refractivity contribution in [1.82, 2.24) is 5.34 Å². The number of fused-ring (bicyclic) bond motifs is 1. The third-order valence-corrected chi connectivity index (χ3v) is 2.96. The quantitative estimate of drug-likeness (QED) is 0.695. The number of hydrogen-bond acceptors (Lipinski definition) is 6. The predicted molar refractivity (Wildman–Crippen MR) is 46.6 cm³/mol. The van der Waals surface area contributed by atoms with Gasteiger partial charge in [0.05, 0.1) is 11.0 Å². The molecule has 3 fully saturated rings. The van der Waals surface area contributed by atoms with Gasteiger partial charge in [0.2, 0.25) is 0 Å². The first-order valence-electron chi connectivity index (χ1n) is 3.71. The van der Waals surface area contributed by atoms with Crippen LogP contribution in [0.3, 0.4) is 0 Å². The molecule has 1 aromatic carbocycles. The standard InChI is InChI=1S/C6H4ClN2O4P/c7-5-2-1-3-6(4-5)8-9-12-14(10,11-8)13-9/h1-4H. The second-order valence-electron chi connectivity index (χ2n) is 2.68. The van der Waals surface area contributed by atoms with Crippen LogP contribution < -0.4 is 5.17 Å². The molecule has 0 saturated carbocycles. The molecule has 0 N–H and O–H groups in total. The first kappa shape index (κ1) is 8.67. The second-order valence-corrected chi connectivity index (χ2v) is 4.50. The zero-order chi connectivity index (χ0) is 9.76. The summed E-state index contributed by atoms with van der Waals surface area (Å²) in [4.78, 5) is 0. The minimum Gasteiger partial charge on any atom is -0.222 e. The predicted octanol–water partition coefficient (Wildman–Crippen LogP) is 2.29. The Morgan fingerprint density at radius 3 is 2.64 bits per heavy atom. The monoisotopic (exact) mass is 234 g/mol. The van der Waals surface area contributed by atoms with E-state index in [1.165, 1.54) is 0 Å². The lowest BCUT2D eigenvalue weighted by Crippen LogP contribution is -2.34. The van der Waals surface area contributed by atoms with E-state index >= 15 is 0 Å². The minimum absolute atomic E-state index is 0.537. The number of hydrazine groups is 1. The normalized spacial score (nSPS) is 34.4. The van der Waals surface area contributed by atoms with E-state index in [1.807, 2.05) is 0 Å². The Morgan fingerprint density at radius 2 is 2.07 bits per heavy atom. The summed E-state index contributed by atoms with van der Waals surface area (Å²) in [6, 6.07) is 6.78. The lowest BCUT2D eigenvalue weighted by atomic mass is 10.3. The molecule has 2 bridgehead atoms. The van der Waals surface area contributed by atoms with Crippen molar-refractivity contribution in [3.05, 3.63) is 29.3 Å². The van der Waals surface area contributed by atoms with E-state index in [-0.39, 0.29) is 0 Å². The number of hydrogen-bond donors (Lipinski definition) is 0. The van der Waals surface area contributed by atoms with E-state index in [2.05, 4.69) is 9.25 Å². The molecule has 0 aromatic heterocycles. The summed E-state index contributed by atoms with van der Waals surface area (Å²) in [5.41, 5.74) is 0.577. The summed E-state index contributed by atoms with van der Waals surface area (Å²) in [5, 5.41) is 2.56. The molecular formula is C6H4ClN2O4P. The van der Waals surface area contributed by atoms with Gasteiger partial charge in [-0.3, -0.25) is 0 Å². The van der Waals surface area contributed by atoms with Gasteiger partial charge in [-0.05, 0) is 18.2 Å². The van der Waals surface area contributed by atoms with E-state index < -0.39 is 7.82 Å². The molecule has 3 aliphatic rings. The Morgan fingerprint density at radius 1 is 1.29 bits per heavy atom. The molecule has 0 amide bonds. The summed E-state index contributed by atoms with van der Waals surface area (Å²) in [7, 11) is -3.33. The van der Waals surface area contributed by atoms with Crippen LogP contribution in [0.1, 0.15) is 0 Å². The average molecular weight is 235 g/mol.